The molecule has 5 nitrogen and oxygen atoms in total. The molecule has 0 aliphatic carbocycles. The van der Waals surface area contributed by atoms with Gasteiger partial charge in [0.1, 0.15) is 11.8 Å². The van der Waals surface area contributed by atoms with Crippen LogP contribution in [0.25, 0.3) is 0 Å². The number of halogens is 1. The zero-order chi connectivity index (χ0) is 14.6. The third kappa shape index (κ3) is 3.96. The van der Waals surface area contributed by atoms with Crippen LogP contribution >= 0.6 is 15.9 Å². The molecule has 6 heteroatoms. The van der Waals surface area contributed by atoms with E-state index in [-0.39, 0.29) is 17.2 Å². The molecule has 2 amide bonds. The second kappa shape index (κ2) is 6.56. The first-order valence-corrected chi connectivity index (χ1v) is 6.70. The minimum absolute atomic E-state index is 0.129. The van der Waals surface area contributed by atoms with Gasteiger partial charge in [0.15, 0.2) is 0 Å². The SMILES string of the molecule is CCN(C)C(=O)C(C)NC(=O)c1ccc(Br)cc1O. The van der Waals surface area contributed by atoms with Crippen molar-refractivity contribution >= 4 is 27.7 Å². The molecule has 0 bridgehead atoms. The van der Waals surface area contributed by atoms with E-state index in [4.69, 9.17) is 0 Å². The number of rotatable bonds is 4. The molecule has 1 rings (SSSR count). The first-order chi connectivity index (χ1) is 8.86. The number of aromatic hydroxyl groups is 1. The Morgan fingerprint density at radius 1 is 1.47 bits per heavy atom. The normalized spacial score (nSPS) is 11.8. The summed E-state index contributed by atoms with van der Waals surface area (Å²) < 4.78 is 0.677. The highest BCUT2D eigenvalue weighted by atomic mass is 79.9. The van der Waals surface area contributed by atoms with Crippen molar-refractivity contribution in [3.05, 3.63) is 28.2 Å². The molecule has 0 fully saturated rings. The minimum Gasteiger partial charge on any atom is -0.507 e. The highest BCUT2D eigenvalue weighted by Gasteiger charge is 2.20. The van der Waals surface area contributed by atoms with E-state index in [1.807, 2.05) is 6.92 Å². The molecule has 0 radical (unpaired) electrons. The maximum Gasteiger partial charge on any atom is 0.255 e. The number of phenolic OH excluding ortho intramolecular Hbond substituents is 1. The van der Waals surface area contributed by atoms with Crippen molar-refractivity contribution in [3.8, 4) is 5.75 Å². The summed E-state index contributed by atoms with van der Waals surface area (Å²) >= 11 is 3.20. The van der Waals surface area contributed by atoms with E-state index in [0.717, 1.165) is 0 Å². The van der Waals surface area contributed by atoms with Gasteiger partial charge in [-0.2, -0.15) is 0 Å². The van der Waals surface area contributed by atoms with Crippen molar-refractivity contribution in [2.75, 3.05) is 13.6 Å². The summed E-state index contributed by atoms with van der Waals surface area (Å²) in [6.07, 6.45) is 0. The Balaban J connectivity index is 2.77. The summed E-state index contributed by atoms with van der Waals surface area (Å²) in [4.78, 5) is 25.3. The van der Waals surface area contributed by atoms with Crippen LogP contribution in [0.15, 0.2) is 22.7 Å². The number of likely N-dealkylation sites (N-methyl/N-ethyl adjacent to an activating group) is 1. The van der Waals surface area contributed by atoms with Crippen molar-refractivity contribution in [3.63, 3.8) is 0 Å². The number of nitrogens with one attached hydrogen (secondary N) is 1. The van der Waals surface area contributed by atoms with Gasteiger partial charge in [-0.25, -0.2) is 0 Å². The number of benzene rings is 1. The molecule has 1 aromatic rings. The number of carbonyl (C=O) groups excluding carboxylic acids is 2. The molecule has 1 atom stereocenters. The van der Waals surface area contributed by atoms with Crippen molar-refractivity contribution < 1.29 is 14.7 Å². The summed E-state index contributed by atoms with van der Waals surface area (Å²) in [7, 11) is 1.67. The molecule has 1 unspecified atom stereocenters. The van der Waals surface area contributed by atoms with E-state index in [9.17, 15) is 14.7 Å². The van der Waals surface area contributed by atoms with Gasteiger partial charge in [0, 0.05) is 18.1 Å². The van der Waals surface area contributed by atoms with Crippen molar-refractivity contribution in [1.29, 1.82) is 0 Å². The van der Waals surface area contributed by atoms with Gasteiger partial charge in [-0.1, -0.05) is 15.9 Å². The highest BCUT2D eigenvalue weighted by Crippen LogP contribution is 2.22. The number of hydrogen-bond acceptors (Lipinski definition) is 3. The number of phenols is 1. The van der Waals surface area contributed by atoms with Crippen LogP contribution in [0.5, 0.6) is 5.75 Å². The van der Waals surface area contributed by atoms with Gasteiger partial charge in [-0.15, -0.1) is 0 Å². The second-order valence-electron chi connectivity index (χ2n) is 4.21. The van der Waals surface area contributed by atoms with Gasteiger partial charge in [0.25, 0.3) is 5.91 Å². The topological polar surface area (TPSA) is 69.6 Å². The molecule has 0 spiro atoms. The predicted octanol–water partition coefficient (Wildman–Crippen LogP) is 1.75. The lowest BCUT2D eigenvalue weighted by Crippen LogP contribution is -2.45. The van der Waals surface area contributed by atoms with Gasteiger partial charge in [0.05, 0.1) is 5.56 Å². The summed E-state index contributed by atoms with van der Waals surface area (Å²) in [5.74, 6) is -0.779. The molecular weight excluding hydrogens is 312 g/mol. The number of amides is 2. The maximum absolute atomic E-state index is 11.9. The van der Waals surface area contributed by atoms with Crippen LogP contribution in [0, 0.1) is 0 Å². The Hall–Kier alpha value is -1.56. The summed E-state index contributed by atoms with van der Waals surface area (Å²) in [5.41, 5.74) is 0.141. The summed E-state index contributed by atoms with van der Waals surface area (Å²) in [6, 6.07) is 3.94. The Morgan fingerprint density at radius 3 is 2.63 bits per heavy atom. The number of hydrogen-bond donors (Lipinski definition) is 2. The first kappa shape index (κ1) is 15.5. The smallest absolute Gasteiger partial charge is 0.255 e. The number of carbonyl (C=O) groups is 2. The molecule has 19 heavy (non-hydrogen) atoms. The molecule has 104 valence electrons. The molecule has 0 aliphatic heterocycles. The van der Waals surface area contributed by atoms with Gasteiger partial charge >= 0.3 is 0 Å². The van der Waals surface area contributed by atoms with Crippen molar-refractivity contribution in [1.82, 2.24) is 10.2 Å². The molecule has 0 heterocycles. The van der Waals surface area contributed by atoms with Gasteiger partial charge in [-0.05, 0) is 32.0 Å². The Labute approximate surface area is 120 Å². The van der Waals surface area contributed by atoms with Crippen molar-refractivity contribution in [2.45, 2.75) is 19.9 Å². The maximum atomic E-state index is 11.9. The fraction of sp³-hybridized carbons (Fsp3) is 0.385. The van der Waals surface area contributed by atoms with Crippen molar-refractivity contribution in [2.24, 2.45) is 0 Å². The highest BCUT2D eigenvalue weighted by molar-refractivity contribution is 9.10. The quantitative estimate of drug-likeness (QED) is 0.884. The van der Waals surface area contributed by atoms with Gasteiger partial charge in [-0.3, -0.25) is 9.59 Å². The summed E-state index contributed by atoms with van der Waals surface area (Å²) in [5, 5.41) is 12.2. The number of nitrogens with zero attached hydrogens (tertiary/aromatic N) is 1. The third-order valence-electron chi connectivity index (χ3n) is 2.77. The Bertz CT molecular complexity index is 491. The van der Waals surface area contributed by atoms with E-state index in [1.54, 1.807) is 20.0 Å². The lowest BCUT2D eigenvalue weighted by atomic mass is 10.1. The molecular formula is C13H17BrN2O3. The molecule has 0 aromatic heterocycles. The Morgan fingerprint density at radius 2 is 2.11 bits per heavy atom. The zero-order valence-corrected chi connectivity index (χ0v) is 12.7. The fourth-order valence-electron chi connectivity index (χ4n) is 1.52. The largest absolute Gasteiger partial charge is 0.507 e. The molecule has 0 aliphatic rings. The Kier molecular flexibility index (Phi) is 5.35. The zero-order valence-electron chi connectivity index (χ0n) is 11.1. The average Bonchev–Trinajstić information content (AvgIpc) is 2.36. The third-order valence-corrected chi connectivity index (χ3v) is 3.27. The minimum atomic E-state index is -0.638. The predicted molar refractivity (Wildman–Crippen MR) is 76.0 cm³/mol. The van der Waals surface area contributed by atoms with E-state index < -0.39 is 11.9 Å². The fourth-order valence-corrected chi connectivity index (χ4v) is 1.87. The van der Waals surface area contributed by atoms with Gasteiger partial charge in [0.2, 0.25) is 5.91 Å². The summed E-state index contributed by atoms with van der Waals surface area (Å²) in [6.45, 7) is 4.04. The van der Waals surface area contributed by atoms with E-state index in [2.05, 4.69) is 21.2 Å². The lowest BCUT2D eigenvalue weighted by Gasteiger charge is -2.20. The second-order valence-corrected chi connectivity index (χ2v) is 5.12. The molecule has 0 saturated carbocycles. The van der Waals surface area contributed by atoms with Gasteiger partial charge < -0.3 is 15.3 Å². The monoisotopic (exact) mass is 328 g/mol. The lowest BCUT2D eigenvalue weighted by molar-refractivity contribution is -0.131. The van der Waals surface area contributed by atoms with E-state index in [1.165, 1.54) is 17.0 Å². The van der Waals surface area contributed by atoms with E-state index >= 15 is 0 Å². The molecule has 1 aromatic carbocycles. The van der Waals surface area contributed by atoms with Crippen LogP contribution in [-0.4, -0.2) is 41.5 Å². The van der Waals surface area contributed by atoms with Crippen LogP contribution in [0.3, 0.4) is 0 Å². The van der Waals surface area contributed by atoms with Crippen LogP contribution in [0.4, 0.5) is 0 Å². The van der Waals surface area contributed by atoms with Crippen LogP contribution in [0.2, 0.25) is 0 Å². The average molecular weight is 329 g/mol. The standard InChI is InChI=1S/C13H17BrN2O3/c1-4-16(3)13(19)8(2)15-12(18)10-6-5-9(14)7-11(10)17/h5-8,17H,4H2,1-3H3,(H,15,18). The van der Waals surface area contributed by atoms with Crippen LogP contribution < -0.4 is 5.32 Å². The molecule has 0 saturated heterocycles. The van der Waals surface area contributed by atoms with Crippen LogP contribution in [-0.2, 0) is 4.79 Å². The molecule has 2 N–H and O–H groups in total. The first-order valence-electron chi connectivity index (χ1n) is 5.91. The van der Waals surface area contributed by atoms with E-state index in [0.29, 0.717) is 11.0 Å². The van der Waals surface area contributed by atoms with Crippen LogP contribution in [0.1, 0.15) is 24.2 Å².